The van der Waals surface area contributed by atoms with Crippen molar-refractivity contribution in [2.75, 3.05) is 18.4 Å². The molecule has 3 amide bonds. The third-order valence-corrected chi connectivity index (χ3v) is 6.86. The first-order valence-corrected chi connectivity index (χ1v) is 13.4. The second-order valence-electron chi connectivity index (χ2n) is 9.93. The molecule has 8 heteroatoms. The molecular weight excluding hydrogens is 509 g/mol. The van der Waals surface area contributed by atoms with E-state index in [9.17, 15) is 18.8 Å². The van der Waals surface area contributed by atoms with Gasteiger partial charge in [-0.25, -0.2) is 9.18 Å². The number of anilines is 1. The number of aryl methyl sites for hydroxylation is 2. The number of para-hydroxylation sites is 2. The first kappa shape index (κ1) is 28.5. The maximum atomic E-state index is 13.8. The lowest BCUT2D eigenvalue weighted by molar-refractivity contribution is -0.133. The SMILES string of the molecule is CCCCN(CC(=O)N(Cc1ccc(F)cc1)Cc1coc2ccccc2c1=O)C(=O)Nc1c(C)cccc1C. The highest BCUT2D eigenvalue weighted by Gasteiger charge is 2.24. The Morgan fingerprint density at radius 3 is 2.30 bits per heavy atom. The lowest BCUT2D eigenvalue weighted by Gasteiger charge is -2.28. The molecule has 40 heavy (non-hydrogen) atoms. The fourth-order valence-corrected chi connectivity index (χ4v) is 4.54. The number of unbranched alkanes of at least 4 members (excludes halogenated alkanes) is 1. The Labute approximate surface area is 233 Å². The van der Waals surface area contributed by atoms with E-state index in [1.807, 2.05) is 39.0 Å². The largest absolute Gasteiger partial charge is 0.464 e. The zero-order chi connectivity index (χ0) is 28.6. The Bertz CT molecular complexity index is 1530. The Kier molecular flexibility index (Phi) is 9.32. The van der Waals surface area contributed by atoms with Crippen molar-refractivity contribution in [3.05, 3.63) is 111 Å². The maximum Gasteiger partial charge on any atom is 0.322 e. The predicted octanol–water partition coefficient (Wildman–Crippen LogP) is 6.41. The molecule has 4 aromatic rings. The molecule has 3 aromatic carbocycles. The minimum Gasteiger partial charge on any atom is -0.464 e. The summed E-state index contributed by atoms with van der Waals surface area (Å²) in [6.07, 6.45) is 2.94. The number of rotatable bonds is 10. The van der Waals surface area contributed by atoms with Crippen LogP contribution in [0.2, 0.25) is 0 Å². The molecule has 1 N–H and O–H groups in total. The number of hydrogen-bond acceptors (Lipinski definition) is 4. The fourth-order valence-electron chi connectivity index (χ4n) is 4.54. The summed E-state index contributed by atoms with van der Waals surface area (Å²) in [4.78, 5) is 43.3. The van der Waals surface area contributed by atoms with Gasteiger partial charge in [0.2, 0.25) is 5.91 Å². The van der Waals surface area contributed by atoms with Gasteiger partial charge in [-0.1, -0.05) is 55.8 Å². The summed E-state index contributed by atoms with van der Waals surface area (Å²) in [5, 5.41) is 3.40. The number of benzene rings is 3. The Hall–Kier alpha value is -4.46. The zero-order valence-corrected chi connectivity index (χ0v) is 23.1. The zero-order valence-electron chi connectivity index (χ0n) is 23.1. The van der Waals surface area contributed by atoms with Crippen LogP contribution >= 0.6 is 0 Å². The summed E-state index contributed by atoms with van der Waals surface area (Å²) >= 11 is 0. The van der Waals surface area contributed by atoms with E-state index in [0.717, 1.165) is 29.7 Å². The molecule has 0 radical (unpaired) electrons. The number of nitrogens with one attached hydrogen (secondary N) is 1. The van der Waals surface area contributed by atoms with E-state index >= 15 is 0 Å². The molecule has 7 nitrogen and oxygen atoms in total. The molecule has 0 aliphatic carbocycles. The Balaban J connectivity index is 1.61. The van der Waals surface area contributed by atoms with Crippen molar-refractivity contribution in [2.45, 2.75) is 46.7 Å². The molecule has 0 spiro atoms. The molecule has 4 rings (SSSR count). The van der Waals surface area contributed by atoms with Gasteiger partial charge in [0, 0.05) is 18.8 Å². The van der Waals surface area contributed by atoms with E-state index in [4.69, 9.17) is 4.42 Å². The molecule has 0 aliphatic heterocycles. The molecule has 0 aliphatic rings. The third-order valence-electron chi connectivity index (χ3n) is 6.86. The van der Waals surface area contributed by atoms with Crippen LogP contribution in [0.5, 0.6) is 0 Å². The summed E-state index contributed by atoms with van der Waals surface area (Å²) in [5.74, 6) is -0.727. The highest BCUT2D eigenvalue weighted by atomic mass is 19.1. The number of carbonyl (C=O) groups excluding carboxylic acids is 2. The minimum atomic E-state index is -0.384. The fraction of sp³-hybridized carbons (Fsp3) is 0.281. The van der Waals surface area contributed by atoms with Gasteiger partial charge in [0.1, 0.15) is 17.9 Å². The molecule has 0 saturated carbocycles. The van der Waals surface area contributed by atoms with Crippen molar-refractivity contribution in [3.63, 3.8) is 0 Å². The number of urea groups is 1. The number of hydrogen-bond donors (Lipinski definition) is 1. The summed E-state index contributed by atoms with van der Waals surface area (Å²) in [7, 11) is 0. The number of fused-ring (bicyclic) bond motifs is 1. The minimum absolute atomic E-state index is 0.0243. The van der Waals surface area contributed by atoms with E-state index in [1.165, 1.54) is 28.2 Å². The van der Waals surface area contributed by atoms with Crippen LogP contribution in [0.3, 0.4) is 0 Å². The number of nitrogens with zero attached hydrogens (tertiary/aromatic N) is 2. The second kappa shape index (κ2) is 13.1. The van der Waals surface area contributed by atoms with Crippen LogP contribution in [0.1, 0.15) is 42.0 Å². The van der Waals surface area contributed by atoms with Crippen LogP contribution in [-0.2, 0) is 17.9 Å². The lowest BCUT2D eigenvalue weighted by Crippen LogP contribution is -2.45. The first-order valence-electron chi connectivity index (χ1n) is 13.4. The van der Waals surface area contributed by atoms with Crippen molar-refractivity contribution in [1.82, 2.24) is 9.80 Å². The molecule has 1 heterocycles. The molecule has 0 saturated heterocycles. The highest BCUT2D eigenvalue weighted by molar-refractivity contribution is 5.93. The standard InChI is InChI=1S/C32H34FN3O4/c1-4-5-17-35(32(39)34-30-22(2)9-8-10-23(30)3)20-29(37)36(18-24-13-15-26(33)16-14-24)19-25-21-40-28-12-7-6-11-27(28)31(25)38/h6-16,21H,4-5,17-20H2,1-3H3,(H,34,39). The summed E-state index contributed by atoms with van der Waals surface area (Å²) in [6, 6.07) is 18.2. The molecule has 1 aromatic heterocycles. The number of halogens is 1. The van der Waals surface area contributed by atoms with Crippen molar-refractivity contribution < 1.29 is 18.4 Å². The summed E-state index contributed by atoms with van der Waals surface area (Å²) in [5.41, 5.74) is 3.82. The smallest absolute Gasteiger partial charge is 0.322 e. The van der Waals surface area contributed by atoms with Gasteiger partial charge in [-0.3, -0.25) is 9.59 Å². The van der Waals surface area contributed by atoms with E-state index in [0.29, 0.717) is 28.6 Å². The lowest BCUT2D eigenvalue weighted by atomic mass is 10.1. The summed E-state index contributed by atoms with van der Waals surface area (Å²) < 4.78 is 19.2. The molecular formula is C32H34FN3O4. The summed E-state index contributed by atoms with van der Waals surface area (Å²) in [6.45, 7) is 6.17. The van der Waals surface area contributed by atoms with Gasteiger partial charge in [-0.2, -0.15) is 0 Å². The van der Waals surface area contributed by atoms with Crippen LogP contribution < -0.4 is 10.7 Å². The van der Waals surface area contributed by atoms with E-state index in [2.05, 4.69) is 5.32 Å². The number of carbonyl (C=O) groups is 2. The van der Waals surface area contributed by atoms with Crippen LogP contribution in [0.4, 0.5) is 14.9 Å². The van der Waals surface area contributed by atoms with Gasteiger partial charge in [-0.05, 0) is 61.2 Å². The van der Waals surface area contributed by atoms with Crippen LogP contribution in [0.25, 0.3) is 11.0 Å². The van der Waals surface area contributed by atoms with Gasteiger partial charge in [0.25, 0.3) is 0 Å². The van der Waals surface area contributed by atoms with Gasteiger partial charge in [-0.15, -0.1) is 0 Å². The predicted molar refractivity (Wildman–Crippen MR) is 155 cm³/mol. The monoisotopic (exact) mass is 543 g/mol. The number of amides is 3. The van der Waals surface area contributed by atoms with Crippen LogP contribution in [-0.4, -0.2) is 34.8 Å². The van der Waals surface area contributed by atoms with Gasteiger partial charge in [0.05, 0.1) is 23.8 Å². The molecule has 0 bridgehead atoms. The average molecular weight is 544 g/mol. The van der Waals surface area contributed by atoms with Crippen molar-refractivity contribution >= 4 is 28.6 Å². The van der Waals surface area contributed by atoms with Gasteiger partial charge < -0.3 is 19.5 Å². The third kappa shape index (κ3) is 6.94. The molecule has 0 fully saturated rings. The highest BCUT2D eigenvalue weighted by Crippen LogP contribution is 2.20. The molecule has 0 unspecified atom stereocenters. The quantitative estimate of drug-likeness (QED) is 0.251. The maximum absolute atomic E-state index is 13.8. The van der Waals surface area contributed by atoms with E-state index in [-0.39, 0.29) is 42.8 Å². The van der Waals surface area contributed by atoms with Gasteiger partial charge in [0.15, 0.2) is 5.43 Å². The Morgan fingerprint density at radius 1 is 0.900 bits per heavy atom. The second-order valence-corrected chi connectivity index (χ2v) is 9.93. The van der Waals surface area contributed by atoms with Crippen LogP contribution in [0.15, 0.2) is 82.2 Å². The Morgan fingerprint density at radius 2 is 1.60 bits per heavy atom. The van der Waals surface area contributed by atoms with E-state index < -0.39 is 0 Å². The van der Waals surface area contributed by atoms with Gasteiger partial charge >= 0.3 is 6.03 Å². The topological polar surface area (TPSA) is 82.9 Å². The van der Waals surface area contributed by atoms with Crippen molar-refractivity contribution in [2.24, 2.45) is 0 Å². The normalized spacial score (nSPS) is 10.9. The first-order chi connectivity index (χ1) is 19.3. The molecule has 0 atom stereocenters. The molecule has 208 valence electrons. The average Bonchev–Trinajstić information content (AvgIpc) is 2.95. The van der Waals surface area contributed by atoms with Crippen molar-refractivity contribution in [3.8, 4) is 0 Å². The van der Waals surface area contributed by atoms with Crippen molar-refractivity contribution in [1.29, 1.82) is 0 Å². The van der Waals surface area contributed by atoms with E-state index in [1.54, 1.807) is 36.4 Å². The van der Waals surface area contributed by atoms with Crippen LogP contribution in [0, 0.1) is 19.7 Å².